The Morgan fingerprint density at radius 3 is 2.85 bits per heavy atom. The molecule has 3 nitrogen and oxygen atoms in total. The summed E-state index contributed by atoms with van der Waals surface area (Å²) in [6.07, 6.45) is 3.56. The third-order valence-corrected chi connectivity index (χ3v) is 5.51. The molecule has 2 aromatic rings. The monoisotopic (exact) mass is 419 g/mol. The Hall–Kier alpha value is -0.400. The van der Waals surface area contributed by atoms with Crippen LogP contribution in [0.1, 0.15) is 37.8 Å². The fourth-order valence-corrected chi connectivity index (χ4v) is 3.87. The maximum atomic E-state index is 6.02. The van der Waals surface area contributed by atoms with Crippen LogP contribution >= 0.6 is 45.5 Å². The number of halogens is 2. The minimum absolute atomic E-state index is 0.612. The summed E-state index contributed by atoms with van der Waals surface area (Å²) >= 11 is 9.98. The van der Waals surface area contributed by atoms with Crippen molar-refractivity contribution in [1.29, 1.82) is 0 Å². The minimum atomic E-state index is 0.612. The van der Waals surface area contributed by atoms with E-state index >= 15 is 0 Å². The van der Waals surface area contributed by atoms with Gasteiger partial charge in [0, 0.05) is 17.8 Å². The standard InChI is InChI=1S/C14H15ClIN3S/c1-2-5-17-14-11(16)12(8-3-4-8)18-13(19-14)10-6-9(15)7-20-10/h6-8H,2-5H2,1H3,(H,17,18,19). The molecule has 0 aliphatic heterocycles. The highest BCUT2D eigenvalue weighted by atomic mass is 127. The summed E-state index contributed by atoms with van der Waals surface area (Å²) < 4.78 is 1.17. The molecular formula is C14H15ClIN3S. The van der Waals surface area contributed by atoms with Crippen LogP contribution in [0.3, 0.4) is 0 Å². The van der Waals surface area contributed by atoms with Gasteiger partial charge in [-0.05, 0) is 47.9 Å². The van der Waals surface area contributed by atoms with Gasteiger partial charge in [-0.1, -0.05) is 18.5 Å². The quantitative estimate of drug-likeness (QED) is 0.680. The predicted octanol–water partition coefficient (Wildman–Crippen LogP) is 5.16. The molecule has 1 aliphatic rings. The molecule has 0 radical (unpaired) electrons. The van der Waals surface area contributed by atoms with E-state index in [1.807, 2.05) is 11.4 Å². The van der Waals surface area contributed by atoms with Gasteiger partial charge in [0.2, 0.25) is 0 Å². The first-order valence-corrected chi connectivity index (χ1v) is 9.08. The van der Waals surface area contributed by atoms with Crippen LogP contribution in [0, 0.1) is 3.57 Å². The number of hydrogen-bond acceptors (Lipinski definition) is 4. The molecule has 1 N–H and O–H groups in total. The minimum Gasteiger partial charge on any atom is -0.369 e. The Morgan fingerprint density at radius 1 is 1.45 bits per heavy atom. The SMILES string of the molecule is CCCNc1nc(-c2cc(Cl)cs2)nc(C2CC2)c1I. The van der Waals surface area contributed by atoms with Crippen LogP contribution in [0.5, 0.6) is 0 Å². The molecule has 1 aliphatic carbocycles. The van der Waals surface area contributed by atoms with Crippen molar-refractivity contribution in [2.24, 2.45) is 0 Å². The Bertz CT molecular complexity index is 625. The van der Waals surface area contributed by atoms with Crippen molar-refractivity contribution in [2.45, 2.75) is 32.1 Å². The number of nitrogens with zero attached hydrogens (tertiary/aromatic N) is 2. The van der Waals surface area contributed by atoms with Gasteiger partial charge < -0.3 is 5.32 Å². The summed E-state index contributed by atoms with van der Waals surface area (Å²) in [7, 11) is 0. The van der Waals surface area contributed by atoms with Crippen molar-refractivity contribution in [2.75, 3.05) is 11.9 Å². The van der Waals surface area contributed by atoms with E-state index in [0.29, 0.717) is 5.92 Å². The van der Waals surface area contributed by atoms with Crippen molar-refractivity contribution < 1.29 is 0 Å². The Labute approximate surface area is 141 Å². The summed E-state index contributed by atoms with van der Waals surface area (Å²) in [5, 5.41) is 6.09. The molecule has 20 heavy (non-hydrogen) atoms. The lowest BCUT2D eigenvalue weighted by atomic mass is 10.2. The highest BCUT2D eigenvalue weighted by Crippen LogP contribution is 2.43. The molecule has 6 heteroatoms. The van der Waals surface area contributed by atoms with Gasteiger partial charge in [0.15, 0.2) is 5.82 Å². The highest BCUT2D eigenvalue weighted by molar-refractivity contribution is 14.1. The van der Waals surface area contributed by atoms with Crippen LogP contribution in [0.15, 0.2) is 11.4 Å². The summed E-state index contributed by atoms with van der Waals surface area (Å²) in [5.41, 5.74) is 1.19. The van der Waals surface area contributed by atoms with Gasteiger partial charge in [0.05, 0.1) is 19.2 Å². The first kappa shape index (κ1) is 14.5. The molecule has 1 saturated carbocycles. The third kappa shape index (κ3) is 3.09. The summed E-state index contributed by atoms with van der Waals surface area (Å²) in [4.78, 5) is 10.5. The molecule has 1 fully saturated rings. The third-order valence-electron chi connectivity index (χ3n) is 3.17. The second-order valence-corrected chi connectivity index (χ2v) is 7.35. The van der Waals surface area contributed by atoms with Gasteiger partial charge in [-0.25, -0.2) is 9.97 Å². The average molecular weight is 420 g/mol. The molecule has 0 aromatic carbocycles. The molecule has 2 heterocycles. The molecule has 2 aromatic heterocycles. The molecule has 3 rings (SSSR count). The van der Waals surface area contributed by atoms with Gasteiger partial charge in [0.1, 0.15) is 5.82 Å². The smallest absolute Gasteiger partial charge is 0.171 e. The van der Waals surface area contributed by atoms with Crippen molar-refractivity contribution >= 4 is 51.3 Å². The van der Waals surface area contributed by atoms with Gasteiger partial charge in [-0.2, -0.15) is 0 Å². The van der Waals surface area contributed by atoms with E-state index in [-0.39, 0.29) is 0 Å². The second-order valence-electron chi connectivity index (χ2n) is 4.93. The van der Waals surface area contributed by atoms with Crippen LogP contribution in [-0.2, 0) is 0 Å². The van der Waals surface area contributed by atoms with Crippen molar-refractivity contribution in [1.82, 2.24) is 9.97 Å². The van der Waals surface area contributed by atoms with Gasteiger partial charge in [-0.15, -0.1) is 11.3 Å². The molecule has 0 amide bonds. The number of rotatable bonds is 5. The lowest BCUT2D eigenvalue weighted by Crippen LogP contribution is -2.08. The van der Waals surface area contributed by atoms with Crippen molar-refractivity contribution in [3.05, 3.63) is 25.7 Å². The van der Waals surface area contributed by atoms with E-state index < -0.39 is 0 Å². The first-order valence-electron chi connectivity index (χ1n) is 6.74. The Morgan fingerprint density at radius 2 is 2.25 bits per heavy atom. The zero-order valence-electron chi connectivity index (χ0n) is 11.1. The zero-order valence-corrected chi connectivity index (χ0v) is 14.8. The first-order chi connectivity index (χ1) is 9.69. The van der Waals surface area contributed by atoms with Crippen molar-refractivity contribution in [3.63, 3.8) is 0 Å². The average Bonchev–Trinajstić information content (AvgIpc) is 3.19. The van der Waals surface area contributed by atoms with E-state index in [1.165, 1.54) is 22.1 Å². The maximum absolute atomic E-state index is 6.02. The predicted molar refractivity (Wildman–Crippen MR) is 93.8 cm³/mol. The van der Waals surface area contributed by atoms with E-state index in [0.717, 1.165) is 34.5 Å². The normalized spacial score (nSPS) is 14.6. The Kier molecular flexibility index (Phi) is 4.47. The summed E-state index contributed by atoms with van der Waals surface area (Å²) in [6.45, 7) is 3.09. The van der Waals surface area contributed by atoms with Crippen LogP contribution in [-0.4, -0.2) is 16.5 Å². The van der Waals surface area contributed by atoms with Crippen LogP contribution in [0.2, 0.25) is 5.02 Å². The highest BCUT2D eigenvalue weighted by Gasteiger charge is 2.29. The maximum Gasteiger partial charge on any atom is 0.171 e. The Balaban J connectivity index is 2.03. The largest absolute Gasteiger partial charge is 0.369 e. The summed E-state index contributed by atoms with van der Waals surface area (Å²) in [5.74, 6) is 2.37. The number of aromatic nitrogens is 2. The summed E-state index contributed by atoms with van der Waals surface area (Å²) in [6, 6.07) is 1.94. The molecule has 0 saturated heterocycles. The van der Waals surface area contributed by atoms with E-state index in [2.05, 4.69) is 39.8 Å². The molecule has 0 unspecified atom stereocenters. The van der Waals surface area contributed by atoms with Gasteiger partial charge >= 0.3 is 0 Å². The van der Waals surface area contributed by atoms with Crippen LogP contribution < -0.4 is 5.32 Å². The number of nitrogens with one attached hydrogen (secondary N) is 1. The van der Waals surface area contributed by atoms with E-state index in [9.17, 15) is 0 Å². The van der Waals surface area contributed by atoms with E-state index in [1.54, 1.807) is 11.3 Å². The molecule has 0 bridgehead atoms. The van der Waals surface area contributed by atoms with Crippen LogP contribution in [0.25, 0.3) is 10.7 Å². The lowest BCUT2D eigenvalue weighted by molar-refractivity contribution is 0.940. The topological polar surface area (TPSA) is 37.8 Å². The molecule has 0 spiro atoms. The zero-order chi connectivity index (χ0) is 14.1. The van der Waals surface area contributed by atoms with Crippen LogP contribution in [0.4, 0.5) is 5.82 Å². The lowest BCUT2D eigenvalue weighted by Gasteiger charge is -2.11. The fraction of sp³-hybridized carbons (Fsp3) is 0.429. The molecule has 106 valence electrons. The fourth-order valence-electron chi connectivity index (χ4n) is 1.99. The number of hydrogen-bond donors (Lipinski definition) is 1. The van der Waals surface area contributed by atoms with Gasteiger partial charge in [-0.3, -0.25) is 0 Å². The number of anilines is 1. The molecular weight excluding hydrogens is 405 g/mol. The second kappa shape index (κ2) is 6.15. The van der Waals surface area contributed by atoms with Gasteiger partial charge in [0.25, 0.3) is 0 Å². The van der Waals surface area contributed by atoms with E-state index in [4.69, 9.17) is 16.6 Å². The molecule has 0 atom stereocenters. The number of thiophene rings is 1. The van der Waals surface area contributed by atoms with Crippen molar-refractivity contribution in [3.8, 4) is 10.7 Å².